The smallest absolute Gasteiger partial charge is 0.274 e. The van der Waals surface area contributed by atoms with Crippen molar-refractivity contribution in [2.75, 3.05) is 6.26 Å². The van der Waals surface area contributed by atoms with Crippen molar-refractivity contribution >= 4 is 23.4 Å². The fourth-order valence-corrected chi connectivity index (χ4v) is 2.78. The van der Waals surface area contributed by atoms with Crippen molar-refractivity contribution in [2.45, 2.75) is 4.90 Å². The molecule has 2 aromatic heterocycles. The molecule has 0 fully saturated rings. The maximum atomic E-state index is 12.3. The molecule has 0 aliphatic heterocycles. The summed E-state index contributed by atoms with van der Waals surface area (Å²) in [7, 11) is 0. The Kier molecular flexibility index (Phi) is 4.36. The number of benzene rings is 1. The molecule has 0 bridgehead atoms. The molecular weight excluding hydrogens is 334 g/mol. The predicted octanol–water partition coefficient (Wildman–Crippen LogP) is 2.96. The lowest BCUT2D eigenvalue weighted by atomic mass is 10.2. The van der Waals surface area contributed by atoms with Crippen LogP contribution in [0.25, 0.3) is 17.1 Å². The number of H-pyrrole nitrogens is 1. The molecule has 0 atom stereocenters. The molecule has 0 aliphatic rings. The Morgan fingerprint density at radius 2 is 1.87 bits per heavy atom. The van der Waals surface area contributed by atoms with Crippen molar-refractivity contribution in [2.24, 2.45) is 0 Å². The van der Waals surface area contributed by atoms with Crippen LogP contribution in [0.15, 0.2) is 63.1 Å². The monoisotopic (exact) mass is 345 g/mol. The first-order chi connectivity index (χ1) is 11.1. The van der Waals surface area contributed by atoms with E-state index >= 15 is 0 Å². The number of nitrogens with one attached hydrogen (secondary N) is 1. The number of pyridine rings is 1. The van der Waals surface area contributed by atoms with E-state index in [1.54, 1.807) is 23.9 Å². The second-order valence-corrected chi connectivity index (χ2v) is 6.03. The first-order valence-corrected chi connectivity index (χ1v) is 8.31. The molecule has 0 spiro atoms. The quantitative estimate of drug-likeness (QED) is 0.741. The minimum atomic E-state index is -0.522. The Morgan fingerprint density at radius 1 is 1.13 bits per heavy atom. The van der Waals surface area contributed by atoms with Gasteiger partial charge in [0.05, 0.1) is 17.1 Å². The first kappa shape index (κ1) is 15.6. The van der Waals surface area contributed by atoms with Gasteiger partial charge in [-0.05, 0) is 42.7 Å². The van der Waals surface area contributed by atoms with Gasteiger partial charge in [0.15, 0.2) is 0 Å². The Balaban J connectivity index is 2.27. The van der Waals surface area contributed by atoms with E-state index in [4.69, 9.17) is 11.6 Å². The van der Waals surface area contributed by atoms with Gasteiger partial charge >= 0.3 is 5.69 Å². The molecule has 116 valence electrons. The van der Waals surface area contributed by atoms with Crippen molar-refractivity contribution in [1.29, 1.82) is 0 Å². The van der Waals surface area contributed by atoms with Gasteiger partial charge in [-0.3, -0.25) is 19.3 Å². The molecular formula is C16H12ClN3O2S. The van der Waals surface area contributed by atoms with Crippen LogP contribution in [0.4, 0.5) is 0 Å². The van der Waals surface area contributed by atoms with Gasteiger partial charge in [0.2, 0.25) is 0 Å². The van der Waals surface area contributed by atoms with Crippen LogP contribution in [0.2, 0.25) is 5.02 Å². The van der Waals surface area contributed by atoms with Crippen molar-refractivity contribution in [3.8, 4) is 17.1 Å². The van der Waals surface area contributed by atoms with Crippen molar-refractivity contribution in [3.05, 3.63) is 74.5 Å². The minimum absolute atomic E-state index is 0.387. The van der Waals surface area contributed by atoms with E-state index in [0.717, 1.165) is 4.90 Å². The van der Waals surface area contributed by atoms with Crippen molar-refractivity contribution < 1.29 is 0 Å². The van der Waals surface area contributed by atoms with E-state index in [0.29, 0.717) is 22.1 Å². The van der Waals surface area contributed by atoms with E-state index in [2.05, 4.69) is 9.97 Å². The maximum Gasteiger partial charge on any atom is 0.333 e. The topological polar surface area (TPSA) is 67.8 Å². The summed E-state index contributed by atoms with van der Waals surface area (Å²) >= 11 is 7.60. The number of halogens is 1. The van der Waals surface area contributed by atoms with Crippen LogP contribution in [0.3, 0.4) is 0 Å². The van der Waals surface area contributed by atoms with Crippen LogP contribution in [0, 0.1) is 0 Å². The van der Waals surface area contributed by atoms with Gasteiger partial charge in [0.1, 0.15) is 0 Å². The van der Waals surface area contributed by atoms with E-state index in [-0.39, 0.29) is 0 Å². The Morgan fingerprint density at radius 3 is 2.52 bits per heavy atom. The highest BCUT2D eigenvalue weighted by Gasteiger charge is 2.12. The molecule has 0 unspecified atom stereocenters. The summed E-state index contributed by atoms with van der Waals surface area (Å²) < 4.78 is 1.41. The summed E-state index contributed by atoms with van der Waals surface area (Å²) in [5.41, 5.74) is 0.476. The highest BCUT2D eigenvalue weighted by Crippen LogP contribution is 2.22. The highest BCUT2D eigenvalue weighted by atomic mass is 35.5. The standard InChI is InChI=1S/C16H12ClN3O2S/c1-23-12-4-2-11(3-5-12)20-14(9-15(21)19-16(20)22)13-8-10(17)6-7-18-13/h2-9H,1H3,(H,19,21,22). The Bertz CT molecular complexity index is 964. The molecule has 0 amide bonds. The van der Waals surface area contributed by atoms with Gasteiger partial charge in [-0.15, -0.1) is 11.8 Å². The zero-order chi connectivity index (χ0) is 16.4. The third-order valence-corrected chi connectivity index (χ3v) is 4.24. The maximum absolute atomic E-state index is 12.3. The van der Waals surface area contributed by atoms with Gasteiger partial charge in [-0.1, -0.05) is 11.6 Å². The van der Waals surface area contributed by atoms with Crippen LogP contribution < -0.4 is 11.2 Å². The largest absolute Gasteiger partial charge is 0.333 e. The van der Waals surface area contributed by atoms with E-state index in [9.17, 15) is 9.59 Å². The number of rotatable bonds is 3. The summed E-state index contributed by atoms with van der Waals surface area (Å²) in [5.74, 6) is 0. The van der Waals surface area contributed by atoms with Gasteiger partial charge in [-0.25, -0.2) is 4.79 Å². The van der Waals surface area contributed by atoms with E-state index in [1.165, 1.54) is 16.8 Å². The summed E-state index contributed by atoms with van der Waals surface area (Å²) in [6.45, 7) is 0. The molecule has 0 radical (unpaired) electrons. The summed E-state index contributed by atoms with van der Waals surface area (Å²) in [6, 6.07) is 12.0. The summed E-state index contributed by atoms with van der Waals surface area (Å²) in [5, 5.41) is 0.479. The molecule has 7 heteroatoms. The average molecular weight is 346 g/mol. The van der Waals surface area contributed by atoms with Crippen LogP contribution in [-0.4, -0.2) is 20.8 Å². The van der Waals surface area contributed by atoms with E-state index < -0.39 is 11.2 Å². The van der Waals surface area contributed by atoms with Gasteiger partial charge in [0.25, 0.3) is 5.56 Å². The molecule has 1 N–H and O–H groups in total. The number of aromatic amines is 1. The van der Waals surface area contributed by atoms with Gasteiger partial charge in [0, 0.05) is 22.2 Å². The van der Waals surface area contributed by atoms with E-state index in [1.807, 2.05) is 30.5 Å². The lowest BCUT2D eigenvalue weighted by Crippen LogP contribution is -2.29. The number of nitrogens with zero attached hydrogens (tertiary/aromatic N) is 2. The number of hydrogen-bond acceptors (Lipinski definition) is 4. The Hall–Kier alpha value is -2.31. The molecule has 2 heterocycles. The highest BCUT2D eigenvalue weighted by molar-refractivity contribution is 7.98. The molecule has 5 nitrogen and oxygen atoms in total. The second-order valence-electron chi connectivity index (χ2n) is 4.72. The number of thioether (sulfide) groups is 1. The minimum Gasteiger partial charge on any atom is -0.274 e. The SMILES string of the molecule is CSc1ccc(-n2c(-c3cc(Cl)ccn3)cc(=O)[nH]c2=O)cc1. The number of aromatic nitrogens is 3. The van der Waals surface area contributed by atoms with Crippen molar-refractivity contribution in [3.63, 3.8) is 0 Å². The summed E-state index contributed by atoms with van der Waals surface area (Å²) in [6.07, 6.45) is 3.51. The average Bonchev–Trinajstić information content (AvgIpc) is 2.54. The molecule has 3 aromatic rings. The second kappa shape index (κ2) is 6.44. The van der Waals surface area contributed by atoms with Crippen LogP contribution >= 0.6 is 23.4 Å². The van der Waals surface area contributed by atoms with Gasteiger partial charge < -0.3 is 0 Å². The lowest BCUT2D eigenvalue weighted by Gasteiger charge is -2.12. The lowest BCUT2D eigenvalue weighted by molar-refractivity contribution is 0.898. The third kappa shape index (κ3) is 3.23. The first-order valence-electron chi connectivity index (χ1n) is 6.71. The zero-order valence-electron chi connectivity index (χ0n) is 12.1. The third-order valence-electron chi connectivity index (χ3n) is 3.26. The zero-order valence-corrected chi connectivity index (χ0v) is 13.7. The van der Waals surface area contributed by atoms with Gasteiger partial charge in [-0.2, -0.15) is 0 Å². The van der Waals surface area contributed by atoms with Crippen LogP contribution in [-0.2, 0) is 0 Å². The fourth-order valence-electron chi connectivity index (χ4n) is 2.22. The summed E-state index contributed by atoms with van der Waals surface area (Å²) in [4.78, 5) is 31.6. The number of hydrogen-bond donors (Lipinski definition) is 1. The molecule has 0 saturated carbocycles. The van der Waals surface area contributed by atoms with Crippen molar-refractivity contribution in [1.82, 2.24) is 14.5 Å². The normalized spacial score (nSPS) is 10.7. The molecule has 1 aromatic carbocycles. The molecule has 3 rings (SSSR count). The van der Waals surface area contributed by atoms with Crippen LogP contribution in [0.1, 0.15) is 0 Å². The molecule has 23 heavy (non-hydrogen) atoms. The fraction of sp³-hybridized carbons (Fsp3) is 0.0625. The Labute approximate surface area is 141 Å². The van der Waals surface area contributed by atoms with Crippen LogP contribution in [0.5, 0.6) is 0 Å². The predicted molar refractivity (Wildman–Crippen MR) is 92.7 cm³/mol. The molecule has 0 aliphatic carbocycles. The molecule has 0 saturated heterocycles.